The smallest absolute Gasteiger partial charge is 0.270 e. The van der Waals surface area contributed by atoms with E-state index >= 15 is 0 Å². The van der Waals surface area contributed by atoms with Crippen molar-refractivity contribution in [3.63, 3.8) is 0 Å². The summed E-state index contributed by atoms with van der Waals surface area (Å²) in [5.41, 5.74) is 3.35. The van der Waals surface area contributed by atoms with Crippen LogP contribution in [0.3, 0.4) is 0 Å². The highest BCUT2D eigenvalue weighted by Gasteiger charge is 2.26. The largest absolute Gasteiger partial charge is 0.292 e. The molecule has 0 N–H and O–H groups in total. The minimum absolute atomic E-state index is 0.0708. The number of nitrogens with zero attached hydrogens (tertiary/aromatic N) is 1. The lowest BCUT2D eigenvalue weighted by molar-refractivity contribution is 0.0168. The third-order valence-corrected chi connectivity index (χ3v) is 3.10. The van der Waals surface area contributed by atoms with Gasteiger partial charge in [0.2, 0.25) is 0 Å². The first-order chi connectivity index (χ1) is 8.75. The molecule has 0 unspecified atom stereocenters. The third-order valence-electron chi connectivity index (χ3n) is 3.10. The Labute approximate surface area is 114 Å². The molecule has 1 nitrogen and oxygen atoms in total. The molecule has 0 fully saturated rings. The van der Waals surface area contributed by atoms with Crippen molar-refractivity contribution in [3.05, 3.63) is 47.0 Å². The van der Waals surface area contributed by atoms with Crippen LogP contribution in [-0.2, 0) is 5.92 Å². The highest BCUT2D eigenvalue weighted by Crippen LogP contribution is 2.30. The molecule has 0 radical (unpaired) electrons. The van der Waals surface area contributed by atoms with Crippen LogP contribution in [0.4, 0.5) is 8.78 Å². The number of aryl methyl sites for hydroxylation is 1. The molecule has 19 heavy (non-hydrogen) atoms. The fraction of sp³-hybridized carbons (Fsp3) is 0.438. The molecule has 0 bridgehead atoms. The second-order valence-corrected chi connectivity index (χ2v) is 5.05. The first-order valence-corrected chi connectivity index (χ1v) is 6.35. The summed E-state index contributed by atoms with van der Waals surface area (Å²) >= 11 is 0. The molecule has 0 aliphatic heterocycles. The molecular weight excluding hydrogens is 244 g/mol. The first kappa shape index (κ1) is 15.5. The monoisotopic (exact) mass is 265 g/mol. The van der Waals surface area contributed by atoms with Gasteiger partial charge in [-0.2, -0.15) is 0 Å². The molecule has 0 aliphatic carbocycles. The molecule has 0 spiro atoms. The molecule has 104 valence electrons. The number of hydrogen-bond donors (Lipinski definition) is 0. The maximum Gasteiger partial charge on any atom is 0.270 e. The van der Waals surface area contributed by atoms with Crippen molar-refractivity contribution in [1.82, 2.24) is 0 Å². The van der Waals surface area contributed by atoms with Crippen molar-refractivity contribution in [2.24, 2.45) is 4.99 Å². The van der Waals surface area contributed by atoms with Crippen molar-refractivity contribution in [2.75, 3.05) is 7.05 Å². The van der Waals surface area contributed by atoms with E-state index in [0.717, 1.165) is 36.6 Å². The molecule has 0 heterocycles. The first-order valence-electron chi connectivity index (χ1n) is 6.35. The van der Waals surface area contributed by atoms with E-state index in [1.54, 1.807) is 26.1 Å². The molecular formula is C16H21F2N. The van der Waals surface area contributed by atoms with Crippen LogP contribution < -0.4 is 0 Å². The van der Waals surface area contributed by atoms with E-state index in [1.807, 2.05) is 13.0 Å². The Morgan fingerprint density at radius 2 is 1.95 bits per heavy atom. The topological polar surface area (TPSA) is 12.4 Å². The minimum atomic E-state index is -2.83. The number of allylic oxidation sites excluding steroid dienone is 1. The summed E-state index contributed by atoms with van der Waals surface area (Å²) in [4.78, 5) is 4.21. The average molecular weight is 265 g/mol. The minimum Gasteiger partial charge on any atom is -0.292 e. The SMILES string of the molecule is C=C(C)CCC(=NC)c1ccc(C)c(C(C)(F)F)c1. The van der Waals surface area contributed by atoms with Crippen LogP contribution in [-0.4, -0.2) is 12.8 Å². The summed E-state index contributed by atoms with van der Waals surface area (Å²) in [6.07, 6.45) is 1.54. The number of alkyl halides is 2. The van der Waals surface area contributed by atoms with Gasteiger partial charge in [0.1, 0.15) is 0 Å². The molecule has 0 saturated heterocycles. The standard InChI is InChI=1S/C16H21F2N/c1-11(2)6-9-15(19-5)13-8-7-12(3)14(10-13)16(4,17)18/h7-8,10H,1,6,9H2,2-5H3. The number of halogens is 2. The molecule has 1 rings (SSSR count). The molecule has 0 amide bonds. The lowest BCUT2D eigenvalue weighted by Crippen LogP contribution is -2.11. The Hall–Kier alpha value is -1.51. The summed E-state index contributed by atoms with van der Waals surface area (Å²) in [6, 6.07) is 5.13. The number of hydrogen-bond acceptors (Lipinski definition) is 1. The summed E-state index contributed by atoms with van der Waals surface area (Å²) in [6.45, 7) is 8.43. The van der Waals surface area contributed by atoms with Gasteiger partial charge in [-0.3, -0.25) is 4.99 Å². The van der Waals surface area contributed by atoms with E-state index in [1.165, 1.54) is 0 Å². The van der Waals surface area contributed by atoms with E-state index < -0.39 is 5.92 Å². The average Bonchev–Trinajstić information content (AvgIpc) is 2.29. The van der Waals surface area contributed by atoms with Gasteiger partial charge in [0.05, 0.1) is 0 Å². The number of rotatable bonds is 5. The molecule has 0 aromatic heterocycles. The fourth-order valence-corrected chi connectivity index (χ4v) is 1.99. The van der Waals surface area contributed by atoms with Gasteiger partial charge in [0.15, 0.2) is 0 Å². The van der Waals surface area contributed by atoms with Gasteiger partial charge in [-0.1, -0.05) is 17.7 Å². The van der Waals surface area contributed by atoms with E-state index in [4.69, 9.17) is 0 Å². The van der Waals surface area contributed by atoms with Crippen molar-refractivity contribution >= 4 is 5.71 Å². The molecule has 3 heteroatoms. The lowest BCUT2D eigenvalue weighted by Gasteiger charge is -2.16. The van der Waals surface area contributed by atoms with Gasteiger partial charge in [0.25, 0.3) is 5.92 Å². The highest BCUT2D eigenvalue weighted by molar-refractivity contribution is 6.00. The molecule has 1 aromatic carbocycles. The van der Waals surface area contributed by atoms with Crippen molar-refractivity contribution < 1.29 is 8.78 Å². The second-order valence-electron chi connectivity index (χ2n) is 5.05. The van der Waals surface area contributed by atoms with Gasteiger partial charge in [-0.15, -0.1) is 6.58 Å². The van der Waals surface area contributed by atoms with E-state index in [0.29, 0.717) is 5.56 Å². The number of benzene rings is 1. The van der Waals surface area contributed by atoms with Crippen LogP contribution in [0, 0.1) is 6.92 Å². The maximum absolute atomic E-state index is 13.5. The predicted molar refractivity (Wildman–Crippen MR) is 77.3 cm³/mol. The van der Waals surface area contributed by atoms with Gasteiger partial charge in [-0.25, -0.2) is 8.78 Å². The van der Waals surface area contributed by atoms with Crippen molar-refractivity contribution in [3.8, 4) is 0 Å². The Morgan fingerprint density at radius 3 is 2.42 bits per heavy atom. The van der Waals surface area contributed by atoms with Crippen LogP contribution in [0.2, 0.25) is 0 Å². The lowest BCUT2D eigenvalue weighted by atomic mass is 9.96. The summed E-state index contributed by atoms with van der Waals surface area (Å²) in [7, 11) is 1.69. The molecule has 0 atom stereocenters. The normalized spacial score (nSPS) is 12.6. The van der Waals surface area contributed by atoms with Gasteiger partial charge in [0, 0.05) is 25.2 Å². The maximum atomic E-state index is 13.5. The Kier molecular flexibility index (Phi) is 4.98. The zero-order valence-electron chi connectivity index (χ0n) is 12.1. The van der Waals surface area contributed by atoms with E-state index in [-0.39, 0.29) is 5.56 Å². The van der Waals surface area contributed by atoms with Crippen molar-refractivity contribution in [2.45, 2.75) is 39.5 Å². The van der Waals surface area contributed by atoms with Gasteiger partial charge in [-0.05, 0) is 43.9 Å². The molecule has 0 aliphatic rings. The van der Waals surface area contributed by atoms with E-state index in [2.05, 4.69) is 11.6 Å². The van der Waals surface area contributed by atoms with Gasteiger partial charge >= 0.3 is 0 Å². The van der Waals surface area contributed by atoms with Crippen LogP contribution in [0.25, 0.3) is 0 Å². The third kappa shape index (κ3) is 4.27. The Morgan fingerprint density at radius 1 is 1.32 bits per heavy atom. The number of aliphatic imine (C=N–C) groups is 1. The summed E-state index contributed by atoms with van der Waals surface area (Å²) < 4.78 is 27.0. The molecule has 1 aromatic rings. The Bertz CT molecular complexity index is 496. The van der Waals surface area contributed by atoms with Crippen molar-refractivity contribution in [1.29, 1.82) is 0 Å². The highest BCUT2D eigenvalue weighted by atomic mass is 19.3. The summed E-state index contributed by atoms with van der Waals surface area (Å²) in [5.74, 6) is -2.83. The Balaban J connectivity index is 3.10. The van der Waals surface area contributed by atoms with Crippen LogP contribution in [0.1, 0.15) is 43.4 Å². The zero-order valence-corrected chi connectivity index (χ0v) is 12.1. The fourth-order valence-electron chi connectivity index (χ4n) is 1.99. The second kappa shape index (κ2) is 6.09. The summed E-state index contributed by atoms with van der Waals surface area (Å²) in [5, 5.41) is 0. The van der Waals surface area contributed by atoms with E-state index in [9.17, 15) is 8.78 Å². The van der Waals surface area contributed by atoms with Crippen LogP contribution in [0.15, 0.2) is 35.3 Å². The van der Waals surface area contributed by atoms with Gasteiger partial charge < -0.3 is 0 Å². The zero-order chi connectivity index (χ0) is 14.6. The predicted octanol–water partition coefficient (Wildman–Crippen LogP) is 4.88. The van der Waals surface area contributed by atoms with Crippen LogP contribution in [0.5, 0.6) is 0 Å². The quantitative estimate of drug-likeness (QED) is 0.531. The van der Waals surface area contributed by atoms with Crippen LogP contribution >= 0.6 is 0 Å². The molecule has 0 saturated carbocycles.